The van der Waals surface area contributed by atoms with Gasteiger partial charge in [-0.2, -0.15) is 0 Å². The second-order valence-corrected chi connectivity index (χ2v) is 5.14. The highest BCUT2D eigenvalue weighted by Gasteiger charge is 2.25. The van der Waals surface area contributed by atoms with Crippen molar-refractivity contribution >= 4 is 17.5 Å². The minimum absolute atomic E-state index is 0.0661. The van der Waals surface area contributed by atoms with Crippen LogP contribution in [-0.2, 0) is 4.79 Å². The average molecular weight is 206 g/mol. The van der Waals surface area contributed by atoms with E-state index in [4.69, 9.17) is 11.6 Å². The average Bonchev–Trinajstić information content (AvgIpc) is 1.82. The molecule has 0 bridgehead atoms. The summed E-state index contributed by atoms with van der Waals surface area (Å²) in [6.07, 6.45) is 0.563. The molecule has 0 fully saturated rings. The predicted octanol–water partition coefficient (Wildman–Crippen LogP) is 2.55. The van der Waals surface area contributed by atoms with E-state index in [1.54, 1.807) is 0 Å². The number of halogens is 1. The largest absolute Gasteiger partial charge is 0.350 e. The second kappa shape index (κ2) is 4.85. The molecule has 0 heterocycles. The number of hydrogen-bond acceptors (Lipinski definition) is 1. The van der Waals surface area contributed by atoms with Crippen molar-refractivity contribution < 1.29 is 4.79 Å². The van der Waals surface area contributed by atoms with E-state index in [1.807, 2.05) is 34.6 Å². The van der Waals surface area contributed by atoms with Crippen molar-refractivity contribution in [2.45, 2.75) is 52.0 Å². The lowest BCUT2D eigenvalue weighted by Crippen LogP contribution is -2.49. The van der Waals surface area contributed by atoms with Gasteiger partial charge in [-0.1, -0.05) is 13.8 Å². The fraction of sp³-hybridized carbons (Fsp3) is 0.900. The van der Waals surface area contributed by atoms with Crippen LogP contribution in [0.4, 0.5) is 0 Å². The van der Waals surface area contributed by atoms with Crippen molar-refractivity contribution in [2.75, 3.05) is 0 Å². The van der Waals surface area contributed by atoms with E-state index in [-0.39, 0.29) is 16.8 Å². The lowest BCUT2D eigenvalue weighted by molar-refractivity contribution is -0.123. The van der Waals surface area contributed by atoms with Gasteiger partial charge in [0.1, 0.15) is 0 Å². The summed E-state index contributed by atoms with van der Waals surface area (Å²) < 4.78 is 0. The highest BCUT2D eigenvalue weighted by molar-refractivity contribution is 6.21. The SMILES string of the molecule is CC(C)CC(=O)NC(C)(C)C(C)Cl. The first-order valence-corrected chi connectivity index (χ1v) is 5.14. The number of amides is 1. The molecular formula is C10H20ClNO. The molecule has 78 valence electrons. The molecule has 2 nitrogen and oxygen atoms in total. The number of rotatable bonds is 4. The normalized spacial score (nSPS) is 14.4. The Balaban J connectivity index is 4.05. The standard InChI is InChI=1S/C10H20ClNO/c1-7(2)6-9(13)12-10(4,5)8(3)11/h7-8H,6H2,1-5H3,(H,12,13). The summed E-state index contributed by atoms with van der Waals surface area (Å²) in [5.41, 5.74) is -0.326. The quantitative estimate of drug-likeness (QED) is 0.703. The first kappa shape index (κ1) is 12.8. The molecule has 1 unspecified atom stereocenters. The van der Waals surface area contributed by atoms with Crippen molar-refractivity contribution in [3.63, 3.8) is 0 Å². The monoisotopic (exact) mass is 205 g/mol. The summed E-state index contributed by atoms with van der Waals surface area (Å²) in [4.78, 5) is 11.4. The van der Waals surface area contributed by atoms with Gasteiger partial charge < -0.3 is 5.32 Å². The van der Waals surface area contributed by atoms with E-state index in [0.29, 0.717) is 12.3 Å². The molecule has 1 atom stereocenters. The molecule has 0 spiro atoms. The maximum absolute atomic E-state index is 11.4. The summed E-state index contributed by atoms with van der Waals surface area (Å²) in [5, 5.41) is 2.85. The van der Waals surface area contributed by atoms with Crippen molar-refractivity contribution in [3.8, 4) is 0 Å². The molecule has 1 amide bonds. The zero-order valence-corrected chi connectivity index (χ0v) is 9.90. The molecular weight excluding hydrogens is 186 g/mol. The van der Waals surface area contributed by atoms with Gasteiger partial charge in [0, 0.05) is 6.42 Å². The summed E-state index contributed by atoms with van der Waals surface area (Å²) in [5.74, 6) is 0.467. The smallest absolute Gasteiger partial charge is 0.220 e. The predicted molar refractivity (Wildman–Crippen MR) is 57.0 cm³/mol. The lowest BCUT2D eigenvalue weighted by Gasteiger charge is -2.29. The van der Waals surface area contributed by atoms with Crippen LogP contribution in [0.25, 0.3) is 0 Å². The Bertz CT molecular complexity index is 176. The number of carbonyl (C=O) groups is 1. The molecule has 0 aromatic heterocycles. The van der Waals surface area contributed by atoms with Crippen LogP contribution in [-0.4, -0.2) is 16.8 Å². The van der Waals surface area contributed by atoms with E-state index < -0.39 is 0 Å². The number of hydrogen-bond donors (Lipinski definition) is 1. The molecule has 13 heavy (non-hydrogen) atoms. The lowest BCUT2D eigenvalue weighted by atomic mass is 10.0. The van der Waals surface area contributed by atoms with Crippen LogP contribution in [0, 0.1) is 5.92 Å². The van der Waals surface area contributed by atoms with Crippen molar-refractivity contribution in [2.24, 2.45) is 5.92 Å². The highest BCUT2D eigenvalue weighted by atomic mass is 35.5. The summed E-state index contributed by atoms with van der Waals surface area (Å²) in [7, 11) is 0. The van der Waals surface area contributed by atoms with Gasteiger partial charge in [-0.15, -0.1) is 11.6 Å². The summed E-state index contributed by atoms with van der Waals surface area (Å²) in [6, 6.07) is 0. The van der Waals surface area contributed by atoms with Gasteiger partial charge in [-0.05, 0) is 26.7 Å². The van der Waals surface area contributed by atoms with Crippen molar-refractivity contribution in [3.05, 3.63) is 0 Å². The number of alkyl halides is 1. The number of carbonyl (C=O) groups excluding carboxylic acids is 1. The Labute approximate surface area is 86.0 Å². The minimum atomic E-state index is -0.326. The zero-order chi connectivity index (χ0) is 10.6. The van der Waals surface area contributed by atoms with E-state index >= 15 is 0 Å². The van der Waals surface area contributed by atoms with E-state index in [0.717, 1.165) is 0 Å². The first-order valence-electron chi connectivity index (χ1n) is 4.70. The van der Waals surface area contributed by atoms with Crippen LogP contribution >= 0.6 is 11.6 Å². The molecule has 0 aliphatic carbocycles. The van der Waals surface area contributed by atoms with Crippen molar-refractivity contribution in [1.82, 2.24) is 5.32 Å². The number of nitrogens with one attached hydrogen (secondary N) is 1. The third-order valence-electron chi connectivity index (χ3n) is 2.05. The van der Waals surface area contributed by atoms with Gasteiger partial charge >= 0.3 is 0 Å². The van der Waals surface area contributed by atoms with Crippen LogP contribution in [0.15, 0.2) is 0 Å². The van der Waals surface area contributed by atoms with Crippen LogP contribution in [0.3, 0.4) is 0 Å². The molecule has 0 aromatic rings. The van der Waals surface area contributed by atoms with E-state index in [2.05, 4.69) is 5.32 Å². The van der Waals surface area contributed by atoms with E-state index in [1.165, 1.54) is 0 Å². The Hall–Kier alpha value is -0.240. The molecule has 0 saturated carbocycles. The van der Waals surface area contributed by atoms with Gasteiger partial charge in [0.25, 0.3) is 0 Å². The molecule has 0 rings (SSSR count). The Morgan fingerprint density at radius 1 is 1.38 bits per heavy atom. The molecule has 3 heteroatoms. The highest BCUT2D eigenvalue weighted by Crippen LogP contribution is 2.15. The summed E-state index contributed by atoms with van der Waals surface area (Å²) >= 11 is 5.94. The van der Waals surface area contributed by atoms with Gasteiger partial charge in [0.05, 0.1) is 10.9 Å². The van der Waals surface area contributed by atoms with Gasteiger partial charge in [0.2, 0.25) is 5.91 Å². The Morgan fingerprint density at radius 3 is 2.15 bits per heavy atom. The minimum Gasteiger partial charge on any atom is -0.350 e. The molecule has 0 radical (unpaired) electrons. The molecule has 0 aromatic carbocycles. The molecule has 0 saturated heterocycles. The van der Waals surface area contributed by atoms with Crippen LogP contribution < -0.4 is 5.32 Å². The third kappa shape index (κ3) is 5.14. The molecule has 1 N–H and O–H groups in total. The van der Waals surface area contributed by atoms with E-state index in [9.17, 15) is 4.79 Å². The fourth-order valence-electron chi connectivity index (χ4n) is 0.881. The van der Waals surface area contributed by atoms with Crippen LogP contribution in [0.1, 0.15) is 41.0 Å². The first-order chi connectivity index (χ1) is 5.75. The Morgan fingerprint density at radius 2 is 1.85 bits per heavy atom. The van der Waals surface area contributed by atoms with Gasteiger partial charge in [0.15, 0.2) is 0 Å². The fourth-order valence-corrected chi connectivity index (χ4v) is 0.935. The zero-order valence-electron chi connectivity index (χ0n) is 9.15. The Kier molecular flexibility index (Phi) is 4.76. The maximum atomic E-state index is 11.4. The van der Waals surface area contributed by atoms with Crippen LogP contribution in [0.2, 0.25) is 0 Å². The van der Waals surface area contributed by atoms with Crippen molar-refractivity contribution in [1.29, 1.82) is 0 Å². The third-order valence-corrected chi connectivity index (χ3v) is 2.60. The topological polar surface area (TPSA) is 29.1 Å². The molecule has 0 aliphatic heterocycles. The maximum Gasteiger partial charge on any atom is 0.220 e. The van der Waals surface area contributed by atoms with Crippen LogP contribution in [0.5, 0.6) is 0 Å². The molecule has 0 aliphatic rings. The van der Waals surface area contributed by atoms with Gasteiger partial charge in [-0.3, -0.25) is 4.79 Å². The van der Waals surface area contributed by atoms with Gasteiger partial charge in [-0.25, -0.2) is 0 Å². The second-order valence-electron chi connectivity index (χ2n) is 4.48. The summed E-state index contributed by atoms with van der Waals surface area (Å²) in [6.45, 7) is 9.80.